The van der Waals surface area contributed by atoms with E-state index in [-0.39, 0.29) is 0 Å². The zero-order valence-electron chi connectivity index (χ0n) is 8.71. The lowest BCUT2D eigenvalue weighted by molar-refractivity contribution is 0.962. The third kappa shape index (κ3) is 1.99. The van der Waals surface area contributed by atoms with Gasteiger partial charge in [-0.05, 0) is 40.2 Å². The van der Waals surface area contributed by atoms with Crippen LogP contribution < -0.4 is 5.32 Å². The van der Waals surface area contributed by atoms with Crippen molar-refractivity contribution in [1.29, 1.82) is 0 Å². The molecule has 1 N–H and O–H groups in total. The number of pyridine rings is 2. The molecule has 0 spiro atoms. The van der Waals surface area contributed by atoms with Crippen molar-refractivity contribution in [2.75, 3.05) is 5.32 Å². The minimum atomic E-state index is 0.546. The van der Waals surface area contributed by atoms with Gasteiger partial charge in [0.05, 0.1) is 16.4 Å². The van der Waals surface area contributed by atoms with Crippen LogP contribution >= 0.6 is 15.9 Å². The minimum Gasteiger partial charge on any atom is -0.321 e. The molecule has 3 aromatic rings. The fourth-order valence-electron chi connectivity index (χ4n) is 1.49. The topological polar surface area (TPSA) is 55.1 Å². The van der Waals surface area contributed by atoms with Crippen LogP contribution in [0, 0.1) is 0 Å². The molecule has 3 rings (SSSR count). The Hall–Kier alpha value is -1.95. The lowest BCUT2D eigenvalue weighted by Crippen LogP contribution is -1.93. The van der Waals surface area contributed by atoms with Gasteiger partial charge in [-0.3, -0.25) is 4.98 Å². The molecule has 0 saturated heterocycles. The van der Waals surface area contributed by atoms with Crippen molar-refractivity contribution in [2.45, 2.75) is 0 Å². The first kappa shape index (κ1) is 10.2. The summed E-state index contributed by atoms with van der Waals surface area (Å²) in [4.78, 5) is 8.39. The average molecular weight is 290 g/mol. The molecule has 3 aromatic heterocycles. The maximum absolute atomic E-state index is 4.37. The standard InChI is InChI=1S/C11H8BrN5/c12-9-4-2-6-17-10(9)15-11(16-17)14-8-3-1-5-13-7-8/h1-7H,(H,14,16). The second-order valence-corrected chi connectivity index (χ2v) is 4.28. The Morgan fingerprint density at radius 3 is 2.94 bits per heavy atom. The highest BCUT2D eigenvalue weighted by Gasteiger charge is 2.05. The van der Waals surface area contributed by atoms with Gasteiger partial charge in [0, 0.05) is 12.4 Å². The third-order valence-electron chi connectivity index (χ3n) is 2.23. The van der Waals surface area contributed by atoms with Crippen LogP contribution in [0.15, 0.2) is 47.3 Å². The number of rotatable bonds is 2. The number of nitrogens with zero attached hydrogens (tertiary/aromatic N) is 4. The highest BCUT2D eigenvalue weighted by molar-refractivity contribution is 9.10. The number of aromatic nitrogens is 4. The molecule has 0 fully saturated rings. The lowest BCUT2D eigenvalue weighted by Gasteiger charge is -1.98. The van der Waals surface area contributed by atoms with Crippen molar-refractivity contribution in [3.05, 3.63) is 47.3 Å². The summed E-state index contributed by atoms with van der Waals surface area (Å²) in [7, 11) is 0. The summed E-state index contributed by atoms with van der Waals surface area (Å²) in [5.41, 5.74) is 1.64. The van der Waals surface area contributed by atoms with E-state index in [4.69, 9.17) is 0 Å². The number of fused-ring (bicyclic) bond motifs is 1. The Labute approximate surface area is 106 Å². The van der Waals surface area contributed by atoms with Gasteiger partial charge in [-0.25, -0.2) is 4.52 Å². The molecule has 0 aromatic carbocycles. The van der Waals surface area contributed by atoms with Gasteiger partial charge in [-0.15, -0.1) is 5.10 Å². The Morgan fingerprint density at radius 2 is 2.18 bits per heavy atom. The molecule has 5 nitrogen and oxygen atoms in total. The van der Waals surface area contributed by atoms with Crippen molar-refractivity contribution in [3.63, 3.8) is 0 Å². The molecule has 0 atom stereocenters. The largest absolute Gasteiger partial charge is 0.321 e. The smallest absolute Gasteiger partial charge is 0.247 e. The molecule has 0 unspecified atom stereocenters. The zero-order valence-corrected chi connectivity index (χ0v) is 10.3. The zero-order chi connectivity index (χ0) is 11.7. The summed E-state index contributed by atoms with van der Waals surface area (Å²) in [5, 5.41) is 7.40. The van der Waals surface area contributed by atoms with E-state index in [1.165, 1.54) is 0 Å². The van der Waals surface area contributed by atoms with E-state index in [2.05, 4.69) is 36.3 Å². The first-order valence-corrected chi connectivity index (χ1v) is 5.80. The Morgan fingerprint density at radius 1 is 1.24 bits per heavy atom. The van der Waals surface area contributed by atoms with E-state index < -0.39 is 0 Å². The van der Waals surface area contributed by atoms with Crippen molar-refractivity contribution >= 4 is 33.2 Å². The highest BCUT2D eigenvalue weighted by Crippen LogP contribution is 2.18. The highest BCUT2D eigenvalue weighted by atomic mass is 79.9. The summed E-state index contributed by atoms with van der Waals surface area (Å²) in [6.45, 7) is 0. The minimum absolute atomic E-state index is 0.546. The molecule has 0 saturated carbocycles. The first-order valence-electron chi connectivity index (χ1n) is 5.01. The molecule has 84 valence electrons. The van der Waals surface area contributed by atoms with Gasteiger partial charge in [0.2, 0.25) is 5.95 Å². The maximum Gasteiger partial charge on any atom is 0.247 e. The monoisotopic (exact) mass is 289 g/mol. The average Bonchev–Trinajstić information content (AvgIpc) is 2.74. The van der Waals surface area contributed by atoms with E-state index in [0.29, 0.717) is 5.95 Å². The van der Waals surface area contributed by atoms with Crippen LogP contribution in [0.5, 0.6) is 0 Å². The fraction of sp³-hybridized carbons (Fsp3) is 0. The van der Waals surface area contributed by atoms with Crippen molar-refractivity contribution in [3.8, 4) is 0 Å². The SMILES string of the molecule is Brc1cccn2nc(Nc3cccnc3)nc12. The van der Waals surface area contributed by atoms with Gasteiger partial charge in [0.1, 0.15) is 0 Å². The van der Waals surface area contributed by atoms with Crippen molar-refractivity contribution < 1.29 is 0 Å². The summed E-state index contributed by atoms with van der Waals surface area (Å²) >= 11 is 3.43. The molecule has 0 amide bonds. The quantitative estimate of drug-likeness (QED) is 0.788. The number of hydrogen-bond acceptors (Lipinski definition) is 4. The number of nitrogens with one attached hydrogen (secondary N) is 1. The Balaban J connectivity index is 1.99. The normalized spacial score (nSPS) is 10.6. The number of halogens is 1. The predicted molar refractivity (Wildman–Crippen MR) is 68.2 cm³/mol. The molecule has 0 aliphatic rings. The van der Waals surface area contributed by atoms with Crippen molar-refractivity contribution in [2.24, 2.45) is 0 Å². The van der Waals surface area contributed by atoms with Crippen LogP contribution in [0.4, 0.5) is 11.6 Å². The van der Waals surface area contributed by atoms with Gasteiger partial charge >= 0.3 is 0 Å². The van der Waals surface area contributed by atoms with Gasteiger partial charge in [-0.1, -0.05) is 0 Å². The summed E-state index contributed by atoms with van der Waals surface area (Å²) in [6, 6.07) is 7.60. The van der Waals surface area contributed by atoms with E-state index in [1.807, 2.05) is 30.5 Å². The van der Waals surface area contributed by atoms with Crippen LogP contribution in [-0.2, 0) is 0 Å². The van der Waals surface area contributed by atoms with Gasteiger partial charge in [0.25, 0.3) is 0 Å². The maximum atomic E-state index is 4.37. The van der Waals surface area contributed by atoms with E-state index in [1.54, 1.807) is 16.9 Å². The Kier molecular flexibility index (Phi) is 2.49. The number of hydrogen-bond donors (Lipinski definition) is 1. The molecular weight excluding hydrogens is 282 g/mol. The van der Waals surface area contributed by atoms with Crippen LogP contribution in [0.1, 0.15) is 0 Å². The molecule has 6 heteroatoms. The summed E-state index contributed by atoms with van der Waals surface area (Å²) < 4.78 is 2.62. The summed E-state index contributed by atoms with van der Waals surface area (Å²) in [5.74, 6) is 0.546. The van der Waals surface area contributed by atoms with Crippen molar-refractivity contribution in [1.82, 2.24) is 19.6 Å². The molecular formula is C11H8BrN5. The van der Waals surface area contributed by atoms with E-state index in [9.17, 15) is 0 Å². The lowest BCUT2D eigenvalue weighted by atomic mass is 10.4. The number of anilines is 2. The molecule has 0 aliphatic carbocycles. The predicted octanol–water partition coefficient (Wildman–Crippen LogP) is 2.63. The van der Waals surface area contributed by atoms with Crippen LogP contribution in [-0.4, -0.2) is 19.6 Å². The Bertz CT molecular complexity index is 649. The van der Waals surface area contributed by atoms with Crippen LogP contribution in [0.2, 0.25) is 0 Å². The molecule has 3 heterocycles. The van der Waals surface area contributed by atoms with Crippen LogP contribution in [0.3, 0.4) is 0 Å². The van der Waals surface area contributed by atoms with Crippen LogP contribution in [0.25, 0.3) is 5.65 Å². The van der Waals surface area contributed by atoms with Gasteiger partial charge in [-0.2, -0.15) is 4.98 Å². The molecule has 17 heavy (non-hydrogen) atoms. The van der Waals surface area contributed by atoms with E-state index in [0.717, 1.165) is 15.8 Å². The summed E-state index contributed by atoms with van der Waals surface area (Å²) in [6.07, 6.45) is 5.29. The second kappa shape index (κ2) is 4.14. The van der Waals surface area contributed by atoms with Gasteiger partial charge in [0.15, 0.2) is 5.65 Å². The first-order chi connectivity index (χ1) is 8.33. The third-order valence-corrected chi connectivity index (χ3v) is 2.85. The van der Waals surface area contributed by atoms with Gasteiger partial charge < -0.3 is 5.32 Å². The fourth-order valence-corrected chi connectivity index (χ4v) is 1.92. The molecule has 0 bridgehead atoms. The molecule has 0 radical (unpaired) electrons. The van der Waals surface area contributed by atoms with E-state index >= 15 is 0 Å². The molecule has 0 aliphatic heterocycles. The second-order valence-electron chi connectivity index (χ2n) is 3.43.